The van der Waals surface area contributed by atoms with Gasteiger partial charge in [-0.05, 0) is 19.4 Å². The predicted octanol–water partition coefficient (Wildman–Crippen LogP) is 4.31. The number of hydrogen-bond donors (Lipinski definition) is 1. The van der Waals surface area contributed by atoms with Crippen LogP contribution in [0.3, 0.4) is 0 Å². The Hall–Kier alpha value is -2.68. The number of nitrogens with zero attached hydrogens (tertiary/aromatic N) is 1. The maximum atomic E-state index is 11.5. The van der Waals surface area contributed by atoms with Crippen LogP contribution in [0, 0.1) is 0 Å². The van der Waals surface area contributed by atoms with Crippen LogP contribution >= 0.6 is 0 Å². The first-order valence-electron chi connectivity index (χ1n) is 6.49. The van der Waals surface area contributed by atoms with Gasteiger partial charge in [-0.1, -0.05) is 62.8 Å². The van der Waals surface area contributed by atoms with Crippen LogP contribution in [0.4, 0.5) is 0 Å². The molecule has 0 aromatic carbocycles. The lowest BCUT2D eigenvalue weighted by atomic mass is 10.1. The van der Waals surface area contributed by atoms with E-state index in [1.54, 1.807) is 18.2 Å². The first kappa shape index (κ1) is 18.3. The summed E-state index contributed by atoms with van der Waals surface area (Å²) in [6.45, 7) is 18.6. The number of H-pyrrole nitrogens is 1. The third kappa shape index (κ3) is 6.34. The van der Waals surface area contributed by atoms with Crippen molar-refractivity contribution < 1.29 is 0 Å². The summed E-state index contributed by atoms with van der Waals surface area (Å²) in [5, 5.41) is 0. The highest BCUT2D eigenvalue weighted by Crippen LogP contribution is 2.13. The average Bonchev–Trinajstić information content (AvgIpc) is 2.51. The van der Waals surface area contributed by atoms with E-state index in [1.165, 1.54) is 12.1 Å². The third-order valence-electron chi connectivity index (χ3n) is 2.44. The van der Waals surface area contributed by atoms with E-state index in [4.69, 9.17) is 0 Å². The minimum absolute atomic E-state index is 0.246. The molecule has 0 radical (unpaired) electrons. The lowest BCUT2D eigenvalue weighted by Crippen LogP contribution is -2.11. The van der Waals surface area contributed by atoms with Crippen LogP contribution in [0.25, 0.3) is 11.1 Å². The summed E-state index contributed by atoms with van der Waals surface area (Å²) >= 11 is 0. The van der Waals surface area contributed by atoms with Gasteiger partial charge in [-0.3, -0.25) is 4.79 Å². The van der Waals surface area contributed by atoms with Gasteiger partial charge in [-0.25, -0.2) is 4.98 Å². The topological polar surface area (TPSA) is 45.8 Å². The second kappa shape index (κ2) is 10.1. The fraction of sp³-hybridized carbons (Fsp3) is 0.111. The minimum Gasteiger partial charge on any atom is -0.307 e. The molecule has 0 unspecified atom stereocenters. The Kier molecular flexibility index (Phi) is 8.85. The Balaban J connectivity index is 0.000000885. The lowest BCUT2D eigenvalue weighted by Gasteiger charge is -2.04. The summed E-state index contributed by atoms with van der Waals surface area (Å²) in [6, 6.07) is 1.40. The SMILES string of the molecule is C/C=C\C.C=C/C=C(\C=C)c1cc(=O)[nH]c(C(=C)C=C)n1. The normalized spacial score (nSPS) is 10.5. The molecule has 1 heterocycles. The summed E-state index contributed by atoms with van der Waals surface area (Å²) in [4.78, 5) is 18.4. The van der Waals surface area contributed by atoms with Crippen molar-refractivity contribution in [1.82, 2.24) is 9.97 Å². The van der Waals surface area contributed by atoms with Crippen LogP contribution in [0.1, 0.15) is 25.4 Å². The van der Waals surface area contributed by atoms with Crippen LogP contribution in [0.2, 0.25) is 0 Å². The fourth-order valence-electron chi connectivity index (χ4n) is 1.24. The van der Waals surface area contributed by atoms with E-state index >= 15 is 0 Å². The zero-order chi connectivity index (χ0) is 16.3. The molecule has 0 saturated carbocycles. The van der Waals surface area contributed by atoms with Gasteiger partial charge in [-0.2, -0.15) is 0 Å². The Morgan fingerprint density at radius 1 is 1.19 bits per heavy atom. The van der Waals surface area contributed by atoms with Crippen LogP contribution in [-0.4, -0.2) is 9.97 Å². The van der Waals surface area contributed by atoms with E-state index < -0.39 is 0 Å². The first-order chi connectivity index (χ1) is 10.0. The van der Waals surface area contributed by atoms with Crippen molar-refractivity contribution in [2.45, 2.75) is 13.8 Å². The molecule has 0 aliphatic heterocycles. The van der Waals surface area contributed by atoms with Gasteiger partial charge < -0.3 is 4.98 Å². The Labute approximate surface area is 126 Å². The van der Waals surface area contributed by atoms with E-state index in [0.717, 1.165) is 5.57 Å². The third-order valence-corrected chi connectivity index (χ3v) is 2.44. The highest BCUT2D eigenvalue weighted by molar-refractivity contribution is 5.74. The van der Waals surface area contributed by atoms with E-state index in [-0.39, 0.29) is 5.56 Å². The van der Waals surface area contributed by atoms with Crippen LogP contribution in [0.15, 0.2) is 73.6 Å². The van der Waals surface area contributed by atoms with Gasteiger partial charge in [0.15, 0.2) is 0 Å². The largest absolute Gasteiger partial charge is 0.307 e. The van der Waals surface area contributed by atoms with E-state index in [2.05, 4.69) is 36.3 Å². The van der Waals surface area contributed by atoms with Gasteiger partial charge in [0.2, 0.25) is 0 Å². The number of aromatic nitrogens is 2. The second-order valence-corrected chi connectivity index (χ2v) is 3.94. The quantitative estimate of drug-likeness (QED) is 0.646. The summed E-state index contributed by atoms with van der Waals surface area (Å²) in [7, 11) is 0. The molecule has 21 heavy (non-hydrogen) atoms. The number of nitrogens with one attached hydrogen (secondary N) is 1. The first-order valence-corrected chi connectivity index (χ1v) is 6.49. The number of aromatic amines is 1. The van der Waals surface area contributed by atoms with Crippen molar-refractivity contribution in [3.8, 4) is 0 Å². The molecule has 0 amide bonds. The Morgan fingerprint density at radius 2 is 1.81 bits per heavy atom. The molecular formula is C18H22N2O. The molecular weight excluding hydrogens is 260 g/mol. The molecule has 0 aliphatic rings. The van der Waals surface area contributed by atoms with Crippen molar-refractivity contribution in [3.05, 3.63) is 90.7 Å². The van der Waals surface area contributed by atoms with Gasteiger partial charge >= 0.3 is 0 Å². The molecule has 1 rings (SSSR count). The molecule has 1 N–H and O–H groups in total. The van der Waals surface area contributed by atoms with E-state index in [0.29, 0.717) is 17.1 Å². The fourth-order valence-corrected chi connectivity index (χ4v) is 1.24. The predicted molar refractivity (Wildman–Crippen MR) is 92.9 cm³/mol. The molecule has 1 aromatic heterocycles. The monoisotopic (exact) mass is 282 g/mol. The summed E-state index contributed by atoms with van der Waals surface area (Å²) in [6.07, 6.45) is 10.5. The maximum Gasteiger partial charge on any atom is 0.251 e. The zero-order valence-corrected chi connectivity index (χ0v) is 12.7. The standard InChI is InChI=1S/C14H14N2O.C4H8/c1-5-8-11(7-3)12-9-13(17)16-14(15-12)10(4)6-2;1-3-4-2/h5-9H,1-4H2,(H,15,16,17);3-4H,1-2H3/b11-8+;4-3-. The van der Waals surface area contributed by atoms with Crippen molar-refractivity contribution >= 4 is 11.1 Å². The summed E-state index contributed by atoms with van der Waals surface area (Å²) in [5.41, 5.74) is 1.57. The number of allylic oxidation sites excluding steroid dienone is 8. The second-order valence-electron chi connectivity index (χ2n) is 3.94. The smallest absolute Gasteiger partial charge is 0.251 e. The number of hydrogen-bond acceptors (Lipinski definition) is 2. The van der Waals surface area contributed by atoms with Gasteiger partial charge in [-0.15, -0.1) is 0 Å². The van der Waals surface area contributed by atoms with Crippen LogP contribution in [0.5, 0.6) is 0 Å². The molecule has 0 saturated heterocycles. The summed E-state index contributed by atoms with van der Waals surface area (Å²) in [5.74, 6) is 0.402. The molecule has 1 aromatic rings. The van der Waals surface area contributed by atoms with Crippen LogP contribution in [-0.2, 0) is 0 Å². The molecule has 110 valence electrons. The molecule has 0 spiro atoms. The van der Waals surface area contributed by atoms with Gasteiger partial charge in [0.05, 0.1) is 5.69 Å². The Morgan fingerprint density at radius 3 is 2.24 bits per heavy atom. The highest BCUT2D eigenvalue weighted by atomic mass is 16.1. The van der Waals surface area contributed by atoms with Gasteiger partial charge in [0.25, 0.3) is 5.56 Å². The zero-order valence-electron chi connectivity index (χ0n) is 12.7. The van der Waals surface area contributed by atoms with Crippen molar-refractivity contribution in [2.75, 3.05) is 0 Å². The van der Waals surface area contributed by atoms with Crippen molar-refractivity contribution in [3.63, 3.8) is 0 Å². The Bertz CT molecular complexity index is 627. The van der Waals surface area contributed by atoms with E-state index in [1.807, 2.05) is 26.0 Å². The number of rotatable bonds is 5. The molecule has 0 fully saturated rings. The highest BCUT2D eigenvalue weighted by Gasteiger charge is 2.04. The van der Waals surface area contributed by atoms with Crippen LogP contribution < -0.4 is 5.56 Å². The minimum atomic E-state index is -0.246. The summed E-state index contributed by atoms with van der Waals surface area (Å²) < 4.78 is 0. The average molecular weight is 282 g/mol. The van der Waals surface area contributed by atoms with Crippen molar-refractivity contribution in [1.29, 1.82) is 0 Å². The molecule has 3 nitrogen and oxygen atoms in total. The van der Waals surface area contributed by atoms with E-state index in [9.17, 15) is 4.79 Å². The maximum absolute atomic E-state index is 11.5. The molecule has 3 heteroatoms. The molecule has 0 bridgehead atoms. The van der Waals surface area contributed by atoms with Gasteiger partial charge in [0.1, 0.15) is 5.82 Å². The van der Waals surface area contributed by atoms with Gasteiger partial charge in [0, 0.05) is 11.6 Å². The lowest BCUT2D eigenvalue weighted by molar-refractivity contribution is 1.06. The van der Waals surface area contributed by atoms with Crippen molar-refractivity contribution in [2.24, 2.45) is 0 Å². The molecule has 0 aliphatic carbocycles. The molecule has 0 atom stereocenters.